The van der Waals surface area contributed by atoms with Gasteiger partial charge in [0.2, 0.25) is 5.75 Å². The molecular formula is C19H20F2O3. The fraction of sp³-hybridized carbons (Fsp3) is 0.263. The van der Waals surface area contributed by atoms with Gasteiger partial charge in [0, 0.05) is 12.5 Å². The van der Waals surface area contributed by atoms with Gasteiger partial charge in [-0.25, -0.2) is 8.78 Å². The van der Waals surface area contributed by atoms with Crippen LogP contribution in [0.3, 0.4) is 0 Å². The lowest BCUT2D eigenvalue weighted by atomic mass is 10.1. The number of methoxy groups -OCH3 is 3. The maximum absolute atomic E-state index is 13.2. The van der Waals surface area contributed by atoms with Crippen LogP contribution in [0.4, 0.5) is 8.78 Å². The number of halogens is 2. The first-order valence-electron chi connectivity index (χ1n) is 7.35. The Labute approximate surface area is 140 Å². The Balaban J connectivity index is 2.28. The molecule has 24 heavy (non-hydrogen) atoms. The molecule has 0 amide bonds. The molecule has 0 atom stereocenters. The standard InChI is InChI=1S/C19H20F2O3/c1-19(20,21)15-9-7-13(8-10-15)5-6-14-11-16(22-2)18(24-4)17(12-14)23-3/h5-12H,1-4H3/b6-5+. The van der Waals surface area contributed by atoms with Crippen molar-refractivity contribution in [1.82, 2.24) is 0 Å². The van der Waals surface area contributed by atoms with Gasteiger partial charge in [-0.1, -0.05) is 36.4 Å². The smallest absolute Gasteiger partial charge is 0.270 e. The van der Waals surface area contributed by atoms with E-state index >= 15 is 0 Å². The van der Waals surface area contributed by atoms with Gasteiger partial charge >= 0.3 is 0 Å². The lowest BCUT2D eigenvalue weighted by Gasteiger charge is -2.13. The van der Waals surface area contributed by atoms with Crippen molar-refractivity contribution in [3.8, 4) is 17.2 Å². The van der Waals surface area contributed by atoms with Crippen LogP contribution in [0.5, 0.6) is 17.2 Å². The Morgan fingerprint density at radius 2 is 1.29 bits per heavy atom. The van der Waals surface area contributed by atoms with E-state index in [9.17, 15) is 8.78 Å². The van der Waals surface area contributed by atoms with Gasteiger partial charge in [0.1, 0.15) is 0 Å². The summed E-state index contributed by atoms with van der Waals surface area (Å²) < 4.78 is 42.3. The first-order valence-corrected chi connectivity index (χ1v) is 7.35. The number of hydrogen-bond acceptors (Lipinski definition) is 3. The van der Waals surface area contributed by atoms with E-state index in [1.807, 2.05) is 24.3 Å². The van der Waals surface area contributed by atoms with Crippen molar-refractivity contribution >= 4 is 12.2 Å². The van der Waals surface area contributed by atoms with E-state index < -0.39 is 5.92 Å². The van der Waals surface area contributed by atoms with Crippen molar-refractivity contribution in [2.75, 3.05) is 21.3 Å². The first-order chi connectivity index (χ1) is 11.4. The number of alkyl halides is 2. The molecule has 0 aromatic heterocycles. The summed E-state index contributed by atoms with van der Waals surface area (Å²) in [4.78, 5) is 0. The van der Waals surface area contributed by atoms with Gasteiger partial charge in [-0.05, 0) is 23.3 Å². The van der Waals surface area contributed by atoms with Crippen molar-refractivity contribution in [3.05, 3.63) is 53.1 Å². The second kappa shape index (κ2) is 7.34. The second-order valence-corrected chi connectivity index (χ2v) is 5.30. The average Bonchev–Trinajstić information content (AvgIpc) is 2.58. The van der Waals surface area contributed by atoms with Crippen LogP contribution >= 0.6 is 0 Å². The summed E-state index contributed by atoms with van der Waals surface area (Å²) in [6, 6.07) is 9.78. The highest BCUT2D eigenvalue weighted by Gasteiger charge is 2.23. The molecule has 0 spiro atoms. The van der Waals surface area contributed by atoms with Crippen LogP contribution in [-0.4, -0.2) is 21.3 Å². The molecule has 2 aromatic carbocycles. The third kappa shape index (κ3) is 4.04. The number of benzene rings is 2. The topological polar surface area (TPSA) is 27.7 Å². The molecule has 0 bridgehead atoms. The SMILES string of the molecule is COc1cc(/C=C/c2ccc(C(C)(F)F)cc2)cc(OC)c1OC. The summed E-state index contributed by atoms with van der Waals surface area (Å²) in [5.41, 5.74) is 1.65. The van der Waals surface area contributed by atoms with E-state index in [1.165, 1.54) is 12.1 Å². The molecule has 128 valence electrons. The molecule has 0 N–H and O–H groups in total. The highest BCUT2D eigenvalue weighted by Crippen LogP contribution is 2.38. The zero-order valence-corrected chi connectivity index (χ0v) is 14.1. The predicted octanol–water partition coefficient (Wildman–Crippen LogP) is 4.99. The van der Waals surface area contributed by atoms with Gasteiger partial charge in [-0.2, -0.15) is 0 Å². The van der Waals surface area contributed by atoms with Crippen LogP contribution in [0.25, 0.3) is 12.2 Å². The highest BCUT2D eigenvalue weighted by atomic mass is 19.3. The van der Waals surface area contributed by atoms with Gasteiger partial charge in [-0.15, -0.1) is 0 Å². The molecule has 5 heteroatoms. The number of ether oxygens (including phenoxy) is 3. The average molecular weight is 334 g/mol. The molecule has 0 radical (unpaired) electrons. The molecule has 2 rings (SSSR count). The normalized spacial score (nSPS) is 11.6. The van der Waals surface area contributed by atoms with E-state index in [-0.39, 0.29) is 5.56 Å². The quantitative estimate of drug-likeness (QED) is 0.696. The zero-order chi connectivity index (χ0) is 17.7. The minimum Gasteiger partial charge on any atom is -0.493 e. The predicted molar refractivity (Wildman–Crippen MR) is 91.0 cm³/mol. The summed E-state index contributed by atoms with van der Waals surface area (Å²) in [6.07, 6.45) is 3.68. The second-order valence-electron chi connectivity index (χ2n) is 5.30. The summed E-state index contributed by atoms with van der Waals surface area (Å²) in [7, 11) is 4.64. The summed E-state index contributed by atoms with van der Waals surface area (Å²) in [5, 5.41) is 0. The Hall–Kier alpha value is -2.56. The summed E-state index contributed by atoms with van der Waals surface area (Å²) >= 11 is 0. The Morgan fingerprint density at radius 1 is 0.792 bits per heavy atom. The molecule has 0 aliphatic rings. The zero-order valence-electron chi connectivity index (χ0n) is 14.1. The molecule has 2 aromatic rings. The number of rotatable bonds is 6. The molecule has 0 aliphatic carbocycles. The minimum absolute atomic E-state index is 0.00700. The molecule has 0 saturated heterocycles. The van der Waals surface area contributed by atoms with Crippen LogP contribution in [0.15, 0.2) is 36.4 Å². The summed E-state index contributed by atoms with van der Waals surface area (Å²) in [5.74, 6) is -1.21. The van der Waals surface area contributed by atoms with E-state index in [2.05, 4.69) is 0 Å². The summed E-state index contributed by atoms with van der Waals surface area (Å²) in [6.45, 7) is 0.883. The van der Waals surface area contributed by atoms with Crippen molar-refractivity contribution in [3.63, 3.8) is 0 Å². The van der Waals surface area contributed by atoms with E-state index in [0.717, 1.165) is 18.1 Å². The highest BCUT2D eigenvalue weighted by molar-refractivity contribution is 5.72. The van der Waals surface area contributed by atoms with Crippen LogP contribution in [0, 0.1) is 0 Å². The van der Waals surface area contributed by atoms with Gasteiger partial charge in [0.15, 0.2) is 11.5 Å². The van der Waals surface area contributed by atoms with Crippen LogP contribution in [-0.2, 0) is 5.92 Å². The van der Waals surface area contributed by atoms with Gasteiger partial charge < -0.3 is 14.2 Å². The van der Waals surface area contributed by atoms with E-state index in [0.29, 0.717) is 17.2 Å². The minimum atomic E-state index is -2.83. The molecule has 0 heterocycles. The van der Waals surface area contributed by atoms with Crippen LogP contribution in [0.1, 0.15) is 23.6 Å². The molecule has 0 fully saturated rings. The fourth-order valence-electron chi connectivity index (χ4n) is 2.28. The van der Waals surface area contributed by atoms with Crippen molar-refractivity contribution < 1.29 is 23.0 Å². The third-order valence-corrected chi connectivity index (χ3v) is 3.57. The Kier molecular flexibility index (Phi) is 5.44. The Morgan fingerprint density at radius 3 is 1.71 bits per heavy atom. The maximum Gasteiger partial charge on any atom is 0.270 e. The number of hydrogen-bond donors (Lipinski definition) is 0. The Bertz CT molecular complexity index is 691. The van der Waals surface area contributed by atoms with Crippen LogP contribution in [0.2, 0.25) is 0 Å². The lowest BCUT2D eigenvalue weighted by Crippen LogP contribution is -2.06. The van der Waals surface area contributed by atoms with Crippen molar-refractivity contribution in [2.45, 2.75) is 12.8 Å². The molecule has 0 saturated carbocycles. The van der Waals surface area contributed by atoms with Crippen LogP contribution < -0.4 is 14.2 Å². The van der Waals surface area contributed by atoms with Crippen molar-refractivity contribution in [2.24, 2.45) is 0 Å². The third-order valence-electron chi connectivity index (χ3n) is 3.57. The lowest BCUT2D eigenvalue weighted by molar-refractivity contribution is 0.0175. The van der Waals surface area contributed by atoms with Gasteiger partial charge in [0.25, 0.3) is 5.92 Å². The molecule has 3 nitrogen and oxygen atoms in total. The fourth-order valence-corrected chi connectivity index (χ4v) is 2.28. The van der Waals surface area contributed by atoms with Gasteiger partial charge in [-0.3, -0.25) is 0 Å². The monoisotopic (exact) mass is 334 g/mol. The molecule has 0 aliphatic heterocycles. The van der Waals surface area contributed by atoms with E-state index in [1.54, 1.807) is 33.5 Å². The maximum atomic E-state index is 13.2. The van der Waals surface area contributed by atoms with Gasteiger partial charge in [0.05, 0.1) is 21.3 Å². The first kappa shape index (κ1) is 17.8. The largest absolute Gasteiger partial charge is 0.493 e. The van der Waals surface area contributed by atoms with E-state index in [4.69, 9.17) is 14.2 Å². The van der Waals surface area contributed by atoms with Crippen molar-refractivity contribution in [1.29, 1.82) is 0 Å². The molecular weight excluding hydrogens is 314 g/mol. The molecule has 0 unspecified atom stereocenters.